The molecule has 0 saturated heterocycles. The summed E-state index contributed by atoms with van der Waals surface area (Å²) in [6.45, 7) is 0. The molecule has 0 aromatic carbocycles. The van der Waals surface area contributed by atoms with Gasteiger partial charge in [0, 0.05) is 0 Å². The van der Waals surface area contributed by atoms with E-state index in [-0.39, 0.29) is 22.3 Å². The molecule has 2 N–H and O–H groups in total. The quantitative estimate of drug-likeness (QED) is 0.516. The number of hydrogen-bond donors (Lipinski definition) is 1. The summed E-state index contributed by atoms with van der Waals surface area (Å²) in [5.41, 5.74) is 5.44. The molecule has 0 fully saturated rings. The molecular formula is C13H8ClN3O4. The van der Waals surface area contributed by atoms with Crippen LogP contribution < -0.4 is 10.6 Å². The van der Waals surface area contributed by atoms with Crippen LogP contribution in [0.4, 0.5) is 10.5 Å². The average molecular weight is 306 g/mol. The highest BCUT2D eigenvalue weighted by Gasteiger charge is 2.46. The maximum atomic E-state index is 12.4. The Morgan fingerprint density at radius 2 is 2.10 bits per heavy atom. The molecule has 3 rings (SSSR count). The van der Waals surface area contributed by atoms with Gasteiger partial charge in [-0.1, -0.05) is 11.6 Å². The van der Waals surface area contributed by atoms with Gasteiger partial charge in [-0.15, -0.1) is 0 Å². The molecule has 0 saturated carbocycles. The van der Waals surface area contributed by atoms with Crippen molar-refractivity contribution in [3.05, 3.63) is 47.1 Å². The van der Waals surface area contributed by atoms with Crippen LogP contribution in [0, 0.1) is 0 Å². The molecule has 1 aliphatic rings. The topological polar surface area (TPSA) is 106 Å². The smallest absolute Gasteiger partial charge is 0.326 e. The number of primary amides is 1. The van der Waals surface area contributed by atoms with Gasteiger partial charge >= 0.3 is 6.03 Å². The molecule has 0 bridgehead atoms. The minimum absolute atomic E-state index is 0.00704. The largest absolute Gasteiger partial charge is 0.461 e. The third kappa shape index (κ3) is 1.98. The van der Waals surface area contributed by atoms with Crippen LogP contribution in [0.25, 0.3) is 0 Å². The van der Waals surface area contributed by atoms with Gasteiger partial charge in [0.2, 0.25) is 5.78 Å². The van der Waals surface area contributed by atoms with Gasteiger partial charge < -0.3 is 10.2 Å². The number of nitrogens with zero attached hydrogens (tertiary/aromatic N) is 2. The summed E-state index contributed by atoms with van der Waals surface area (Å²) in [6, 6.07) is 4.78. The second kappa shape index (κ2) is 4.71. The van der Waals surface area contributed by atoms with E-state index in [1.807, 2.05) is 0 Å². The molecular weight excluding hydrogens is 298 g/mol. The number of fused-ring (bicyclic) bond motifs is 1. The standard InChI is InChI=1S/C13H8ClN3O4/c14-8-4-3-6-10(16-8)9(12(19)17(6)13(15)20)11(18)7-2-1-5-21-7/h1-5,9H,(H2,15,20). The van der Waals surface area contributed by atoms with E-state index < -0.39 is 23.6 Å². The fraction of sp³-hybridized carbons (Fsp3) is 0.0769. The molecule has 1 aliphatic heterocycles. The van der Waals surface area contributed by atoms with E-state index in [1.54, 1.807) is 0 Å². The second-order valence-electron chi connectivity index (χ2n) is 4.32. The summed E-state index contributed by atoms with van der Waals surface area (Å²) in [5.74, 6) is -2.68. The number of amides is 3. The number of pyridine rings is 1. The molecule has 106 valence electrons. The number of carbonyl (C=O) groups is 3. The van der Waals surface area contributed by atoms with Gasteiger partial charge in [-0.25, -0.2) is 14.7 Å². The monoisotopic (exact) mass is 305 g/mol. The summed E-state index contributed by atoms with van der Waals surface area (Å²) >= 11 is 5.80. The number of imide groups is 1. The SMILES string of the molecule is NC(=O)N1C(=O)C(C(=O)c2ccco2)c2nc(Cl)ccc21. The molecule has 1 unspecified atom stereocenters. The highest BCUT2D eigenvalue weighted by Crippen LogP contribution is 2.38. The highest BCUT2D eigenvalue weighted by atomic mass is 35.5. The molecule has 0 aliphatic carbocycles. The van der Waals surface area contributed by atoms with Crippen LogP contribution in [0.2, 0.25) is 5.15 Å². The second-order valence-corrected chi connectivity index (χ2v) is 4.71. The highest BCUT2D eigenvalue weighted by molar-refractivity contribution is 6.31. The van der Waals surface area contributed by atoms with E-state index in [9.17, 15) is 14.4 Å². The molecule has 0 radical (unpaired) electrons. The predicted octanol–water partition coefficient (Wildman–Crippen LogP) is 1.72. The van der Waals surface area contributed by atoms with E-state index >= 15 is 0 Å². The number of ketones is 1. The molecule has 0 spiro atoms. The Labute approximate surface area is 123 Å². The number of rotatable bonds is 2. The van der Waals surface area contributed by atoms with Crippen molar-refractivity contribution in [3.63, 3.8) is 0 Å². The van der Waals surface area contributed by atoms with Crippen molar-refractivity contribution in [3.8, 4) is 0 Å². The Kier molecular flexibility index (Phi) is 2.99. The Morgan fingerprint density at radius 3 is 2.71 bits per heavy atom. The number of carbonyl (C=O) groups excluding carboxylic acids is 3. The van der Waals surface area contributed by atoms with Gasteiger partial charge in [0.15, 0.2) is 5.76 Å². The van der Waals surface area contributed by atoms with Crippen LogP contribution in [0.5, 0.6) is 0 Å². The number of aromatic nitrogens is 1. The van der Waals surface area contributed by atoms with Gasteiger partial charge in [-0.05, 0) is 24.3 Å². The van der Waals surface area contributed by atoms with E-state index in [0.29, 0.717) is 4.90 Å². The zero-order chi connectivity index (χ0) is 15.1. The van der Waals surface area contributed by atoms with Crippen LogP contribution in [-0.4, -0.2) is 22.7 Å². The molecule has 2 aromatic heterocycles. The summed E-state index contributed by atoms with van der Waals surface area (Å²) in [5, 5.41) is 0.102. The van der Waals surface area contributed by atoms with E-state index in [2.05, 4.69) is 4.98 Å². The number of nitrogens with two attached hydrogens (primary N) is 1. The lowest BCUT2D eigenvalue weighted by atomic mass is 9.99. The molecule has 7 nitrogen and oxygen atoms in total. The maximum absolute atomic E-state index is 12.4. The number of urea groups is 1. The fourth-order valence-electron chi connectivity index (χ4n) is 2.23. The Morgan fingerprint density at radius 1 is 1.33 bits per heavy atom. The molecule has 8 heteroatoms. The lowest BCUT2D eigenvalue weighted by Gasteiger charge is -2.11. The average Bonchev–Trinajstić information content (AvgIpc) is 3.03. The summed E-state index contributed by atoms with van der Waals surface area (Å²) in [7, 11) is 0. The first-order valence-corrected chi connectivity index (χ1v) is 6.26. The summed E-state index contributed by atoms with van der Waals surface area (Å²) in [6.07, 6.45) is 1.31. The predicted molar refractivity (Wildman–Crippen MR) is 72.1 cm³/mol. The van der Waals surface area contributed by atoms with Crippen LogP contribution in [-0.2, 0) is 4.79 Å². The zero-order valence-corrected chi connectivity index (χ0v) is 11.2. The van der Waals surface area contributed by atoms with E-state index in [0.717, 1.165) is 0 Å². The molecule has 1 atom stereocenters. The Hall–Kier alpha value is -2.67. The van der Waals surface area contributed by atoms with Crippen LogP contribution >= 0.6 is 11.6 Å². The lowest BCUT2D eigenvalue weighted by molar-refractivity contribution is -0.117. The summed E-state index contributed by atoms with van der Waals surface area (Å²) in [4.78, 5) is 40.9. The minimum Gasteiger partial charge on any atom is -0.461 e. The van der Waals surface area contributed by atoms with E-state index in [4.69, 9.17) is 21.8 Å². The first-order chi connectivity index (χ1) is 10.0. The third-order valence-electron chi connectivity index (χ3n) is 3.10. The number of furan rings is 1. The minimum atomic E-state index is -1.29. The van der Waals surface area contributed by atoms with Crippen molar-refractivity contribution < 1.29 is 18.8 Å². The normalized spacial score (nSPS) is 16.9. The number of hydrogen-bond acceptors (Lipinski definition) is 5. The number of Topliss-reactive ketones (excluding diaryl/α,β-unsaturated/α-hetero) is 1. The Bertz CT molecular complexity index is 757. The molecule has 21 heavy (non-hydrogen) atoms. The Balaban J connectivity index is 2.14. The number of halogens is 1. The lowest BCUT2D eigenvalue weighted by Crippen LogP contribution is -2.40. The van der Waals surface area contributed by atoms with Crippen molar-refractivity contribution >= 4 is 35.0 Å². The van der Waals surface area contributed by atoms with Crippen molar-refractivity contribution in [2.45, 2.75) is 5.92 Å². The van der Waals surface area contributed by atoms with Crippen LogP contribution in [0.1, 0.15) is 22.2 Å². The molecule has 3 heterocycles. The van der Waals surface area contributed by atoms with Crippen LogP contribution in [0.3, 0.4) is 0 Å². The van der Waals surface area contributed by atoms with Gasteiger partial charge in [0.05, 0.1) is 17.6 Å². The van der Waals surface area contributed by atoms with Crippen molar-refractivity contribution in [1.82, 2.24) is 4.98 Å². The summed E-state index contributed by atoms with van der Waals surface area (Å²) < 4.78 is 5.00. The van der Waals surface area contributed by atoms with Gasteiger partial charge in [-0.2, -0.15) is 0 Å². The van der Waals surface area contributed by atoms with Crippen molar-refractivity contribution in [1.29, 1.82) is 0 Å². The van der Waals surface area contributed by atoms with Crippen molar-refractivity contribution in [2.24, 2.45) is 5.73 Å². The fourth-order valence-corrected chi connectivity index (χ4v) is 2.39. The van der Waals surface area contributed by atoms with Crippen LogP contribution in [0.15, 0.2) is 34.9 Å². The first-order valence-electron chi connectivity index (χ1n) is 5.88. The zero-order valence-electron chi connectivity index (χ0n) is 10.4. The third-order valence-corrected chi connectivity index (χ3v) is 3.31. The first kappa shape index (κ1) is 13.3. The van der Waals surface area contributed by atoms with Gasteiger partial charge in [-0.3, -0.25) is 9.59 Å². The van der Waals surface area contributed by atoms with Gasteiger partial charge in [0.1, 0.15) is 11.1 Å². The van der Waals surface area contributed by atoms with Gasteiger partial charge in [0.25, 0.3) is 5.91 Å². The van der Waals surface area contributed by atoms with Crippen molar-refractivity contribution in [2.75, 3.05) is 4.90 Å². The molecule has 3 amide bonds. The molecule has 2 aromatic rings. The maximum Gasteiger partial charge on any atom is 0.326 e. The van der Waals surface area contributed by atoms with E-state index in [1.165, 1.54) is 30.5 Å². The number of anilines is 1.